The smallest absolute Gasteiger partial charge is 0.126 e. The average molecular weight is 177 g/mol. The fourth-order valence-electron chi connectivity index (χ4n) is 0.924. The Morgan fingerprint density at radius 3 is 3.00 bits per heavy atom. The van der Waals surface area contributed by atoms with E-state index in [9.17, 15) is 4.39 Å². The van der Waals surface area contributed by atoms with Crippen molar-refractivity contribution >= 4 is 6.08 Å². The Morgan fingerprint density at radius 2 is 2.38 bits per heavy atom. The fraction of sp³-hybridized carbons (Fsp3) is 0.100. The van der Waals surface area contributed by atoms with Gasteiger partial charge >= 0.3 is 0 Å². The van der Waals surface area contributed by atoms with Crippen molar-refractivity contribution in [3.63, 3.8) is 0 Å². The van der Waals surface area contributed by atoms with Gasteiger partial charge < -0.3 is 5.11 Å². The van der Waals surface area contributed by atoms with E-state index in [0.717, 1.165) is 0 Å². The molecule has 0 aliphatic heterocycles. The molecule has 0 unspecified atom stereocenters. The van der Waals surface area contributed by atoms with Gasteiger partial charge in [0.1, 0.15) is 5.83 Å². The molecule has 1 rings (SSSR count). The molecule has 0 saturated heterocycles. The van der Waals surface area contributed by atoms with Crippen molar-refractivity contribution in [1.82, 2.24) is 0 Å². The van der Waals surface area contributed by atoms with Crippen LogP contribution in [-0.2, 0) is 0 Å². The van der Waals surface area contributed by atoms with Crippen LogP contribution >= 0.6 is 0 Å². The maximum Gasteiger partial charge on any atom is 0.126 e. The van der Waals surface area contributed by atoms with Crippen molar-refractivity contribution in [2.24, 2.45) is 0 Å². The summed E-state index contributed by atoms with van der Waals surface area (Å²) in [6.45, 7) is -0.614. The van der Waals surface area contributed by atoms with Crippen LogP contribution in [0.15, 0.2) is 30.1 Å². The van der Waals surface area contributed by atoms with Crippen LogP contribution in [-0.4, -0.2) is 11.7 Å². The third kappa shape index (κ3) is 2.69. The van der Waals surface area contributed by atoms with Gasteiger partial charge in [-0.1, -0.05) is 12.1 Å². The highest BCUT2D eigenvalue weighted by atomic mass is 19.1. The third-order valence-electron chi connectivity index (χ3n) is 1.49. The van der Waals surface area contributed by atoms with Crippen LogP contribution in [0.5, 0.6) is 0 Å². The third-order valence-corrected chi connectivity index (χ3v) is 1.49. The monoisotopic (exact) mass is 177 g/mol. The minimum Gasteiger partial charge on any atom is -0.389 e. The number of hydrogen-bond donors (Lipinski definition) is 1. The topological polar surface area (TPSA) is 44.0 Å². The predicted octanol–water partition coefficient (Wildman–Crippen LogP) is 1.86. The molecule has 0 radical (unpaired) electrons. The molecule has 1 N–H and O–H groups in total. The summed E-state index contributed by atoms with van der Waals surface area (Å²) in [7, 11) is 0. The number of aliphatic hydroxyl groups excluding tert-OH is 1. The van der Waals surface area contributed by atoms with E-state index in [4.69, 9.17) is 10.4 Å². The summed E-state index contributed by atoms with van der Waals surface area (Å²) < 4.78 is 12.6. The Balaban J connectivity index is 2.97. The summed E-state index contributed by atoms with van der Waals surface area (Å²) in [5.74, 6) is -0.616. The quantitative estimate of drug-likeness (QED) is 0.749. The first-order valence-corrected chi connectivity index (χ1v) is 3.73. The molecular weight excluding hydrogens is 169 g/mol. The van der Waals surface area contributed by atoms with Crippen LogP contribution in [0.1, 0.15) is 11.1 Å². The van der Waals surface area contributed by atoms with E-state index < -0.39 is 12.4 Å². The number of nitrogens with zero attached hydrogens (tertiary/aromatic N) is 1. The standard InChI is InChI=1S/C10H8FNO/c11-10(7-13)5-8-2-1-3-9(4-8)6-12/h1-5,13H,7H2/b10-5+. The van der Waals surface area contributed by atoms with Crippen molar-refractivity contribution in [1.29, 1.82) is 5.26 Å². The number of benzene rings is 1. The first kappa shape index (κ1) is 9.43. The molecule has 0 aliphatic rings. The fourth-order valence-corrected chi connectivity index (χ4v) is 0.924. The predicted molar refractivity (Wildman–Crippen MR) is 47.3 cm³/mol. The highest BCUT2D eigenvalue weighted by molar-refractivity contribution is 5.53. The lowest BCUT2D eigenvalue weighted by molar-refractivity contribution is 0.300. The van der Waals surface area contributed by atoms with Gasteiger partial charge in [-0.05, 0) is 23.8 Å². The Bertz CT molecular complexity index is 365. The molecule has 0 atom stereocenters. The van der Waals surface area contributed by atoms with E-state index in [0.29, 0.717) is 11.1 Å². The summed E-state index contributed by atoms with van der Waals surface area (Å²) in [4.78, 5) is 0. The van der Waals surface area contributed by atoms with Gasteiger partial charge in [-0.3, -0.25) is 0 Å². The molecule has 0 saturated carbocycles. The second kappa shape index (κ2) is 4.39. The molecule has 0 bridgehead atoms. The van der Waals surface area contributed by atoms with Gasteiger partial charge in [-0.2, -0.15) is 5.26 Å². The lowest BCUT2D eigenvalue weighted by Gasteiger charge is -1.94. The van der Waals surface area contributed by atoms with Gasteiger partial charge in [0.2, 0.25) is 0 Å². The molecule has 2 nitrogen and oxygen atoms in total. The Kier molecular flexibility index (Phi) is 3.18. The molecule has 0 fully saturated rings. The molecule has 0 aromatic heterocycles. The van der Waals surface area contributed by atoms with Gasteiger partial charge in [0, 0.05) is 0 Å². The van der Waals surface area contributed by atoms with Gasteiger partial charge in [0.15, 0.2) is 0 Å². The lowest BCUT2D eigenvalue weighted by Crippen LogP contribution is -1.82. The van der Waals surface area contributed by atoms with E-state index in [2.05, 4.69) is 0 Å². The number of halogens is 1. The molecular formula is C10H8FNO. The maximum absolute atomic E-state index is 12.6. The minimum absolute atomic E-state index is 0.472. The summed E-state index contributed by atoms with van der Waals surface area (Å²) in [6, 6.07) is 8.45. The second-order valence-corrected chi connectivity index (χ2v) is 2.49. The molecule has 66 valence electrons. The number of aliphatic hydroxyl groups is 1. The maximum atomic E-state index is 12.6. The van der Waals surface area contributed by atoms with E-state index in [1.165, 1.54) is 6.08 Å². The normalized spacial score (nSPS) is 11.0. The van der Waals surface area contributed by atoms with Gasteiger partial charge in [-0.15, -0.1) is 0 Å². The van der Waals surface area contributed by atoms with Gasteiger partial charge in [-0.25, -0.2) is 4.39 Å². The zero-order valence-corrected chi connectivity index (χ0v) is 6.87. The highest BCUT2D eigenvalue weighted by Gasteiger charge is 1.94. The number of hydrogen-bond acceptors (Lipinski definition) is 2. The van der Waals surface area contributed by atoms with E-state index in [-0.39, 0.29) is 0 Å². The Hall–Kier alpha value is -1.66. The van der Waals surface area contributed by atoms with Gasteiger partial charge in [0.25, 0.3) is 0 Å². The largest absolute Gasteiger partial charge is 0.389 e. The van der Waals surface area contributed by atoms with Crippen LogP contribution in [0.2, 0.25) is 0 Å². The molecule has 0 heterocycles. The van der Waals surface area contributed by atoms with Crippen LogP contribution in [0, 0.1) is 11.3 Å². The summed E-state index contributed by atoms with van der Waals surface area (Å²) in [5, 5.41) is 17.0. The lowest BCUT2D eigenvalue weighted by atomic mass is 10.1. The highest BCUT2D eigenvalue weighted by Crippen LogP contribution is 2.09. The SMILES string of the molecule is N#Cc1cccc(/C=C(/F)CO)c1. The van der Waals surface area contributed by atoms with Crippen molar-refractivity contribution in [3.05, 3.63) is 41.2 Å². The van der Waals surface area contributed by atoms with E-state index >= 15 is 0 Å². The molecule has 13 heavy (non-hydrogen) atoms. The molecule has 3 heteroatoms. The first-order valence-electron chi connectivity index (χ1n) is 3.73. The van der Waals surface area contributed by atoms with Crippen molar-refractivity contribution in [2.75, 3.05) is 6.61 Å². The van der Waals surface area contributed by atoms with Crippen LogP contribution < -0.4 is 0 Å². The van der Waals surface area contributed by atoms with Crippen LogP contribution in [0.3, 0.4) is 0 Å². The van der Waals surface area contributed by atoms with E-state index in [1.54, 1.807) is 24.3 Å². The first-order chi connectivity index (χ1) is 6.26. The van der Waals surface area contributed by atoms with Crippen LogP contribution in [0.4, 0.5) is 4.39 Å². The molecule has 0 amide bonds. The zero-order chi connectivity index (χ0) is 9.68. The zero-order valence-electron chi connectivity index (χ0n) is 6.87. The summed E-state index contributed by atoms with van der Waals surface area (Å²) in [6.07, 6.45) is 1.20. The average Bonchev–Trinajstić information content (AvgIpc) is 2.18. The molecule has 1 aromatic rings. The van der Waals surface area contributed by atoms with Crippen molar-refractivity contribution < 1.29 is 9.50 Å². The van der Waals surface area contributed by atoms with E-state index in [1.807, 2.05) is 6.07 Å². The summed E-state index contributed by atoms with van der Waals surface area (Å²) >= 11 is 0. The molecule has 1 aromatic carbocycles. The number of nitriles is 1. The minimum atomic E-state index is -0.616. The van der Waals surface area contributed by atoms with Crippen molar-refractivity contribution in [2.45, 2.75) is 0 Å². The van der Waals surface area contributed by atoms with Crippen LogP contribution in [0.25, 0.3) is 6.08 Å². The Labute approximate surface area is 75.6 Å². The summed E-state index contributed by atoms with van der Waals surface area (Å²) in [5.41, 5.74) is 1.05. The molecule has 0 spiro atoms. The number of rotatable bonds is 2. The Morgan fingerprint density at radius 1 is 1.62 bits per heavy atom. The van der Waals surface area contributed by atoms with Gasteiger partial charge in [0.05, 0.1) is 18.2 Å². The molecule has 0 aliphatic carbocycles. The van der Waals surface area contributed by atoms with Crippen molar-refractivity contribution in [3.8, 4) is 6.07 Å². The second-order valence-electron chi connectivity index (χ2n) is 2.49.